The quantitative estimate of drug-likeness (QED) is 0.480. The molecule has 1 N–H and O–H groups in total. The summed E-state index contributed by atoms with van der Waals surface area (Å²) in [5, 5.41) is 11.5. The van der Waals surface area contributed by atoms with Gasteiger partial charge in [-0.15, -0.1) is 16.8 Å². The predicted octanol–water partition coefficient (Wildman–Crippen LogP) is 2.71. The second kappa shape index (κ2) is 7.73. The lowest BCUT2D eigenvalue weighted by molar-refractivity contribution is -0.114. The number of hydrogen-bond donors (Lipinski definition) is 1. The number of aromatic nitrogens is 3. The summed E-state index contributed by atoms with van der Waals surface area (Å²) in [6.07, 6.45) is 1.77. The fraction of sp³-hybridized carbons (Fsp3) is 0.250. The number of thioether (sulfide) groups is 1. The van der Waals surface area contributed by atoms with Crippen LogP contribution in [0.25, 0.3) is 0 Å². The van der Waals surface area contributed by atoms with Gasteiger partial charge in [0.15, 0.2) is 10.9 Å². The van der Waals surface area contributed by atoms with Crippen molar-refractivity contribution in [2.24, 2.45) is 0 Å². The van der Waals surface area contributed by atoms with Crippen LogP contribution in [0.15, 0.2) is 42.1 Å². The molecule has 6 nitrogen and oxygen atoms in total. The largest absolute Gasteiger partial charge is 0.326 e. The Hall–Kier alpha value is -2.41. The molecular formula is C16H18N4O2S. The first kappa shape index (κ1) is 17.0. The maximum atomic E-state index is 12.2. The van der Waals surface area contributed by atoms with Crippen molar-refractivity contribution in [3.63, 3.8) is 0 Å². The van der Waals surface area contributed by atoms with E-state index < -0.39 is 0 Å². The third-order valence-corrected chi connectivity index (χ3v) is 4.04. The first-order chi connectivity index (χ1) is 11.0. The van der Waals surface area contributed by atoms with E-state index in [0.717, 1.165) is 5.82 Å². The Morgan fingerprint density at radius 3 is 2.61 bits per heavy atom. The van der Waals surface area contributed by atoms with Gasteiger partial charge in [0.05, 0.1) is 5.75 Å². The molecule has 1 amide bonds. The number of nitrogens with one attached hydrogen (secondary N) is 1. The maximum Gasteiger partial charge on any atom is 0.221 e. The van der Waals surface area contributed by atoms with Crippen LogP contribution in [-0.2, 0) is 11.3 Å². The Balaban J connectivity index is 1.99. The van der Waals surface area contributed by atoms with E-state index >= 15 is 0 Å². The van der Waals surface area contributed by atoms with Gasteiger partial charge in [-0.25, -0.2) is 0 Å². The summed E-state index contributed by atoms with van der Waals surface area (Å²) in [4.78, 5) is 23.2. The van der Waals surface area contributed by atoms with Crippen LogP contribution in [0.4, 0.5) is 5.69 Å². The van der Waals surface area contributed by atoms with Gasteiger partial charge >= 0.3 is 0 Å². The van der Waals surface area contributed by atoms with Gasteiger partial charge in [0.1, 0.15) is 5.82 Å². The van der Waals surface area contributed by atoms with Crippen LogP contribution in [0.3, 0.4) is 0 Å². The second-order valence-electron chi connectivity index (χ2n) is 4.90. The molecule has 0 fully saturated rings. The van der Waals surface area contributed by atoms with Crippen molar-refractivity contribution in [1.82, 2.24) is 14.8 Å². The van der Waals surface area contributed by atoms with Crippen LogP contribution in [0, 0.1) is 6.92 Å². The first-order valence-corrected chi connectivity index (χ1v) is 8.04. The molecule has 1 aromatic heterocycles. The average molecular weight is 330 g/mol. The van der Waals surface area contributed by atoms with Gasteiger partial charge in [0, 0.05) is 24.7 Å². The minimum atomic E-state index is -0.142. The van der Waals surface area contributed by atoms with E-state index in [-0.39, 0.29) is 17.4 Å². The maximum absolute atomic E-state index is 12.2. The van der Waals surface area contributed by atoms with Gasteiger partial charge in [-0.3, -0.25) is 9.59 Å². The van der Waals surface area contributed by atoms with Gasteiger partial charge in [-0.05, 0) is 31.2 Å². The molecule has 0 bridgehead atoms. The van der Waals surface area contributed by atoms with Crippen molar-refractivity contribution in [2.75, 3.05) is 11.1 Å². The minimum absolute atomic E-state index is 0.00446. The van der Waals surface area contributed by atoms with Crippen LogP contribution < -0.4 is 5.32 Å². The van der Waals surface area contributed by atoms with E-state index in [9.17, 15) is 9.59 Å². The summed E-state index contributed by atoms with van der Waals surface area (Å²) in [7, 11) is 0. The SMILES string of the molecule is C=CCn1c(C)nnc1SCC(=O)c1ccc(NC(C)=O)cc1. The molecule has 0 aliphatic heterocycles. The van der Waals surface area contributed by atoms with Crippen LogP contribution in [0.5, 0.6) is 0 Å². The predicted molar refractivity (Wildman–Crippen MR) is 90.8 cm³/mol. The highest BCUT2D eigenvalue weighted by atomic mass is 32.2. The molecule has 1 aromatic carbocycles. The van der Waals surface area contributed by atoms with E-state index in [1.54, 1.807) is 30.3 Å². The highest BCUT2D eigenvalue weighted by Gasteiger charge is 2.12. The fourth-order valence-electron chi connectivity index (χ4n) is 1.96. The Morgan fingerprint density at radius 2 is 2.00 bits per heavy atom. The summed E-state index contributed by atoms with van der Waals surface area (Å²) < 4.78 is 1.91. The van der Waals surface area contributed by atoms with Crippen molar-refractivity contribution in [1.29, 1.82) is 0 Å². The minimum Gasteiger partial charge on any atom is -0.326 e. The molecular weight excluding hydrogens is 312 g/mol. The first-order valence-electron chi connectivity index (χ1n) is 7.05. The highest BCUT2D eigenvalue weighted by Crippen LogP contribution is 2.19. The normalized spacial score (nSPS) is 10.3. The third kappa shape index (κ3) is 4.53. The van der Waals surface area contributed by atoms with Crippen LogP contribution >= 0.6 is 11.8 Å². The number of Topliss-reactive ketones (excluding diaryl/α,β-unsaturated/α-hetero) is 1. The molecule has 2 rings (SSSR count). The molecule has 0 saturated heterocycles. The number of anilines is 1. The van der Waals surface area contributed by atoms with Gasteiger partial charge in [-0.2, -0.15) is 0 Å². The molecule has 2 aromatic rings. The molecule has 0 unspecified atom stereocenters. The van der Waals surface area contributed by atoms with E-state index in [0.29, 0.717) is 23.0 Å². The van der Waals surface area contributed by atoms with Crippen LogP contribution in [-0.4, -0.2) is 32.2 Å². The number of hydrogen-bond acceptors (Lipinski definition) is 5. The topological polar surface area (TPSA) is 76.9 Å². The number of aryl methyl sites for hydroxylation is 1. The van der Waals surface area contributed by atoms with Crippen LogP contribution in [0.2, 0.25) is 0 Å². The monoisotopic (exact) mass is 330 g/mol. The molecule has 1 heterocycles. The molecule has 7 heteroatoms. The lowest BCUT2D eigenvalue weighted by Crippen LogP contribution is -2.07. The number of ketones is 1. The third-order valence-electron chi connectivity index (χ3n) is 3.07. The molecule has 120 valence electrons. The molecule has 0 spiro atoms. The molecule has 0 saturated carbocycles. The molecule has 23 heavy (non-hydrogen) atoms. The van der Waals surface area contributed by atoms with Crippen molar-refractivity contribution in [2.45, 2.75) is 25.5 Å². The molecule has 0 radical (unpaired) electrons. The molecule has 0 atom stereocenters. The number of allylic oxidation sites excluding steroid dienone is 1. The zero-order valence-corrected chi connectivity index (χ0v) is 13.9. The number of amides is 1. The number of carbonyl (C=O) groups is 2. The smallest absolute Gasteiger partial charge is 0.221 e. The number of nitrogens with zero attached hydrogens (tertiary/aromatic N) is 3. The Bertz CT molecular complexity index is 722. The second-order valence-corrected chi connectivity index (χ2v) is 5.84. The standard InChI is InChI=1S/C16H18N4O2S/c1-4-9-20-11(2)18-19-16(20)23-10-15(22)13-5-7-14(8-6-13)17-12(3)21/h4-8H,1,9-10H2,2-3H3,(H,17,21). The van der Waals surface area contributed by atoms with Crippen LogP contribution in [0.1, 0.15) is 23.1 Å². The zero-order valence-electron chi connectivity index (χ0n) is 13.1. The number of benzene rings is 1. The number of rotatable bonds is 7. The van der Waals surface area contributed by atoms with E-state index in [2.05, 4.69) is 22.1 Å². The Kier molecular flexibility index (Phi) is 5.70. The fourth-order valence-corrected chi connectivity index (χ4v) is 2.85. The van der Waals surface area contributed by atoms with E-state index in [1.165, 1.54) is 18.7 Å². The summed E-state index contributed by atoms with van der Waals surface area (Å²) in [5.74, 6) is 0.917. The lowest BCUT2D eigenvalue weighted by atomic mass is 10.1. The van der Waals surface area contributed by atoms with Crippen molar-refractivity contribution < 1.29 is 9.59 Å². The molecule has 0 aliphatic carbocycles. The molecule has 0 aliphatic rings. The van der Waals surface area contributed by atoms with E-state index in [1.807, 2.05) is 11.5 Å². The summed E-state index contributed by atoms with van der Waals surface area (Å²) in [6.45, 7) is 7.62. The lowest BCUT2D eigenvalue weighted by Gasteiger charge is -2.06. The average Bonchev–Trinajstić information content (AvgIpc) is 2.86. The summed E-state index contributed by atoms with van der Waals surface area (Å²) >= 11 is 1.35. The Morgan fingerprint density at radius 1 is 1.30 bits per heavy atom. The Labute approximate surface area is 139 Å². The van der Waals surface area contributed by atoms with Crippen molar-refractivity contribution >= 4 is 29.1 Å². The number of carbonyl (C=O) groups excluding carboxylic acids is 2. The summed E-state index contributed by atoms with van der Waals surface area (Å²) in [6, 6.07) is 6.83. The van der Waals surface area contributed by atoms with Gasteiger partial charge in [-0.1, -0.05) is 17.8 Å². The van der Waals surface area contributed by atoms with Crippen molar-refractivity contribution in [3.8, 4) is 0 Å². The zero-order chi connectivity index (χ0) is 16.8. The van der Waals surface area contributed by atoms with Gasteiger partial charge in [0.2, 0.25) is 5.91 Å². The van der Waals surface area contributed by atoms with Gasteiger partial charge in [0.25, 0.3) is 0 Å². The van der Waals surface area contributed by atoms with Crippen molar-refractivity contribution in [3.05, 3.63) is 48.3 Å². The van der Waals surface area contributed by atoms with E-state index in [4.69, 9.17) is 0 Å². The summed E-state index contributed by atoms with van der Waals surface area (Å²) in [5.41, 5.74) is 1.26. The van der Waals surface area contributed by atoms with Gasteiger partial charge < -0.3 is 9.88 Å². The highest BCUT2D eigenvalue weighted by molar-refractivity contribution is 7.99.